The van der Waals surface area contributed by atoms with Gasteiger partial charge in [0.2, 0.25) is 5.91 Å². The molecule has 2 aromatic rings. The molecule has 1 atom stereocenters. The molecule has 0 unspecified atom stereocenters. The van der Waals surface area contributed by atoms with E-state index < -0.39 is 11.6 Å². The van der Waals surface area contributed by atoms with Gasteiger partial charge in [0.05, 0.1) is 7.11 Å². The van der Waals surface area contributed by atoms with E-state index in [9.17, 15) is 9.59 Å². The molecular weight excluding hydrogens is 472 g/mol. The Morgan fingerprint density at radius 3 is 2.44 bits per heavy atom. The molecule has 0 aliphatic rings. The molecule has 2 rings (SSSR count). The van der Waals surface area contributed by atoms with Crippen LogP contribution in [0.15, 0.2) is 46.9 Å². The number of halogens is 1. The van der Waals surface area contributed by atoms with Gasteiger partial charge in [-0.05, 0) is 75.6 Å². The monoisotopic (exact) mass is 504 g/mol. The number of rotatable bonds is 9. The summed E-state index contributed by atoms with van der Waals surface area (Å²) in [6.07, 6.45) is 0.481. The molecule has 2 amide bonds. The molecule has 0 aliphatic carbocycles. The molecule has 0 spiro atoms. The zero-order valence-corrected chi connectivity index (χ0v) is 21.3. The number of nitrogens with zero attached hydrogens (tertiary/aromatic N) is 1. The van der Waals surface area contributed by atoms with Crippen LogP contribution in [0.2, 0.25) is 0 Å². The second kappa shape index (κ2) is 11.4. The molecule has 0 saturated carbocycles. The van der Waals surface area contributed by atoms with Crippen molar-refractivity contribution in [2.45, 2.75) is 59.2 Å². The minimum absolute atomic E-state index is 0.162. The lowest BCUT2D eigenvalue weighted by atomic mass is 10.1. The van der Waals surface area contributed by atoms with Crippen LogP contribution in [-0.4, -0.2) is 42.0 Å². The molecule has 0 radical (unpaired) electrons. The highest BCUT2D eigenvalue weighted by Crippen LogP contribution is 2.22. The van der Waals surface area contributed by atoms with Gasteiger partial charge < -0.3 is 19.7 Å². The summed E-state index contributed by atoms with van der Waals surface area (Å²) in [6.45, 7) is 9.73. The van der Waals surface area contributed by atoms with E-state index >= 15 is 0 Å². The number of hydrogen-bond donors (Lipinski definition) is 1. The van der Waals surface area contributed by atoms with Crippen molar-refractivity contribution in [1.29, 1.82) is 0 Å². The van der Waals surface area contributed by atoms with E-state index in [0.717, 1.165) is 15.6 Å². The third kappa shape index (κ3) is 7.55. The van der Waals surface area contributed by atoms with E-state index in [1.54, 1.807) is 18.1 Å². The topological polar surface area (TPSA) is 67.9 Å². The fourth-order valence-electron chi connectivity index (χ4n) is 3.27. The van der Waals surface area contributed by atoms with Gasteiger partial charge in [-0.1, -0.05) is 35.0 Å². The highest BCUT2D eigenvalue weighted by Gasteiger charge is 2.31. The molecule has 0 aromatic heterocycles. The van der Waals surface area contributed by atoms with Gasteiger partial charge in [0.1, 0.15) is 17.5 Å². The van der Waals surface area contributed by atoms with Crippen molar-refractivity contribution in [1.82, 2.24) is 10.2 Å². The van der Waals surface area contributed by atoms with Crippen LogP contribution in [0.3, 0.4) is 0 Å². The Hall–Kier alpha value is -2.54. The Morgan fingerprint density at radius 2 is 1.84 bits per heavy atom. The Morgan fingerprint density at radius 1 is 1.12 bits per heavy atom. The smallest absolute Gasteiger partial charge is 0.261 e. The molecular formula is C25H33BrN2O4. The number of hydrogen-bond acceptors (Lipinski definition) is 4. The lowest BCUT2D eigenvalue weighted by molar-refractivity contribution is -0.143. The van der Waals surface area contributed by atoms with Gasteiger partial charge in [0, 0.05) is 16.6 Å². The number of benzene rings is 2. The van der Waals surface area contributed by atoms with E-state index in [-0.39, 0.29) is 25.0 Å². The molecule has 0 fully saturated rings. The lowest BCUT2D eigenvalue weighted by Gasteiger charge is -2.33. The van der Waals surface area contributed by atoms with Crippen molar-refractivity contribution in [3.8, 4) is 11.5 Å². The van der Waals surface area contributed by atoms with Crippen molar-refractivity contribution >= 4 is 27.7 Å². The second-order valence-corrected chi connectivity index (χ2v) is 9.59. The first-order chi connectivity index (χ1) is 15.0. The number of carbonyl (C=O) groups excluding carboxylic acids is 2. The van der Waals surface area contributed by atoms with Crippen LogP contribution in [0.5, 0.6) is 11.5 Å². The highest BCUT2D eigenvalue weighted by atomic mass is 79.9. The minimum Gasteiger partial charge on any atom is -0.497 e. The minimum atomic E-state index is -0.622. The first-order valence-corrected chi connectivity index (χ1v) is 11.5. The van der Waals surface area contributed by atoms with Crippen molar-refractivity contribution in [2.24, 2.45) is 0 Å². The van der Waals surface area contributed by atoms with E-state index in [1.165, 1.54) is 0 Å². The molecule has 0 aliphatic heterocycles. The maximum absolute atomic E-state index is 13.3. The lowest BCUT2D eigenvalue weighted by Crippen LogP contribution is -2.54. The average Bonchev–Trinajstić information content (AvgIpc) is 2.73. The first-order valence-electron chi connectivity index (χ1n) is 10.7. The summed E-state index contributed by atoms with van der Waals surface area (Å²) in [6, 6.07) is 12.4. The van der Waals surface area contributed by atoms with Crippen LogP contribution >= 0.6 is 15.9 Å². The summed E-state index contributed by atoms with van der Waals surface area (Å²) >= 11 is 3.46. The van der Waals surface area contributed by atoms with E-state index in [2.05, 4.69) is 21.2 Å². The van der Waals surface area contributed by atoms with Gasteiger partial charge in [-0.3, -0.25) is 9.59 Å². The summed E-state index contributed by atoms with van der Waals surface area (Å²) in [5.74, 6) is 0.858. The third-order valence-electron chi connectivity index (χ3n) is 4.86. The van der Waals surface area contributed by atoms with E-state index in [1.807, 2.05) is 71.0 Å². The van der Waals surface area contributed by atoms with Crippen molar-refractivity contribution < 1.29 is 19.1 Å². The Bertz CT molecular complexity index is 940. The SMILES string of the molecule is CC[C@H](C(=O)NC(C)(C)C)N(Cc1cccc(OC)c1)C(=O)COc1ccc(Br)c(C)c1. The Balaban J connectivity index is 2.26. The number of ether oxygens (including phenoxy) is 2. The van der Waals surface area contributed by atoms with Gasteiger partial charge in [0.15, 0.2) is 6.61 Å². The molecule has 1 N–H and O–H groups in total. The molecule has 0 saturated heterocycles. The molecule has 32 heavy (non-hydrogen) atoms. The number of nitrogens with one attached hydrogen (secondary N) is 1. The average molecular weight is 505 g/mol. The van der Waals surface area contributed by atoms with Gasteiger partial charge >= 0.3 is 0 Å². The Labute approximate surface area is 199 Å². The normalized spacial score (nSPS) is 12.1. The van der Waals surface area contributed by atoms with Crippen LogP contribution in [0.1, 0.15) is 45.2 Å². The first kappa shape index (κ1) is 25.7. The molecule has 6 nitrogen and oxygen atoms in total. The predicted molar refractivity (Wildman–Crippen MR) is 130 cm³/mol. The third-order valence-corrected chi connectivity index (χ3v) is 5.75. The van der Waals surface area contributed by atoms with Gasteiger partial charge in [-0.15, -0.1) is 0 Å². The van der Waals surface area contributed by atoms with Crippen LogP contribution in [0.25, 0.3) is 0 Å². The quantitative estimate of drug-likeness (QED) is 0.528. The summed E-state index contributed by atoms with van der Waals surface area (Å²) in [4.78, 5) is 27.9. The van der Waals surface area contributed by atoms with Crippen LogP contribution in [0, 0.1) is 6.92 Å². The summed E-state index contributed by atoms with van der Waals surface area (Å²) in [5.41, 5.74) is 1.49. The molecule has 174 valence electrons. The maximum Gasteiger partial charge on any atom is 0.261 e. The molecule has 0 heterocycles. The van der Waals surface area contributed by atoms with Crippen molar-refractivity contribution in [2.75, 3.05) is 13.7 Å². The second-order valence-electron chi connectivity index (χ2n) is 8.74. The van der Waals surface area contributed by atoms with Crippen molar-refractivity contribution in [3.63, 3.8) is 0 Å². The van der Waals surface area contributed by atoms with Gasteiger partial charge in [0.25, 0.3) is 5.91 Å². The van der Waals surface area contributed by atoms with Crippen molar-refractivity contribution in [3.05, 3.63) is 58.1 Å². The number of amides is 2. The zero-order chi connectivity index (χ0) is 23.9. The van der Waals surface area contributed by atoms with Crippen LogP contribution in [0.4, 0.5) is 0 Å². The maximum atomic E-state index is 13.3. The van der Waals surface area contributed by atoms with E-state index in [4.69, 9.17) is 9.47 Å². The van der Waals surface area contributed by atoms with Crippen LogP contribution < -0.4 is 14.8 Å². The number of carbonyl (C=O) groups is 2. The van der Waals surface area contributed by atoms with Crippen LogP contribution in [-0.2, 0) is 16.1 Å². The zero-order valence-electron chi connectivity index (χ0n) is 19.7. The Kier molecular flexibility index (Phi) is 9.13. The molecule has 0 bridgehead atoms. The molecule has 2 aromatic carbocycles. The standard InChI is InChI=1S/C25H33BrN2O4/c1-7-22(24(30)27-25(3,4)5)28(15-18-9-8-10-19(14-18)31-6)23(29)16-32-20-11-12-21(26)17(2)13-20/h8-14,22H,7,15-16H2,1-6H3,(H,27,30)/t22-/m1/s1. The van der Waals surface area contributed by atoms with Gasteiger partial charge in [-0.2, -0.15) is 0 Å². The fraction of sp³-hybridized carbons (Fsp3) is 0.440. The fourth-order valence-corrected chi connectivity index (χ4v) is 3.52. The number of methoxy groups -OCH3 is 1. The molecule has 7 heteroatoms. The summed E-state index contributed by atoms with van der Waals surface area (Å²) in [5, 5.41) is 3.00. The highest BCUT2D eigenvalue weighted by molar-refractivity contribution is 9.10. The largest absolute Gasteiger partial charge is 0.497 e. The summed E-state index contributed by atoms with van der Waals surface area (Å²) in [7, 11) is 1.60. The van der Waals surface area contributed by atoms with E-state index in [0.29, 0.717) is 17.9 Å². The predicted octanol–water partition coefficient (Wildman–Crippen LogP) is 4.87. The number of aryl methyl sites for hydroxylation is 1. The van der Waals surface area contributed by atoms with Gasteiger partial charge in [-0.25, -0.2) is 0 Å². The summed E-state index contributed by atoms with van der Waals surface area (Å²) < 4.78 is 12.1.